The Morgan fingerprint density at radius 2 is 1.97 bits per heavy atom. The molecule has 3 heterocycles. The maximum absolute atomic E-state index is 13.1. The van der Waals surface area contributed by atoms with E-state index in [0.717, 1.165) is 49.0 Å². The standard InChI is InChI=1S/C22H33N5O2/c1-6-7-10-25(5)21(28)17-8-11-26(12-9-17)22(29)19-13-18-14-23-27(15(2)3)20(18)24-16(19)4/h13-15,17H,6-12H2,1-5H3. The van der Waals surface area contributed by atoms with Gasteiger partial charge in [0.25, 0.3) is 5.91 Å². The lowest BCUT2D eigenvalue weighted by atomic mass is 9.94. The van der Waals surface area contributed by atoms with Gasteiger partial charge in [-0.3, -0.25) is 9.59 Å². The predicted molar refractivity (Wildman–Crippen MR) is 114 cm³/mol. The molecule has 0 unspecified atom stereocenters. The number of aryl methyl sites for hydroxylation is 1. The van der Waals surface area contributed by atoms with Gasteiger partial charge in [-0.2, -0.15) is 5.10 Å². The average Bonchev–Trinajstić information content (AvgIpc) is 3.13. The number of carbonyl (C=O) groups is 2. The molecule has 0 spiro atoms. The molecule has 29 heavy (non-hydrogen) atoms. The number of amides is 2. The van der Waals surface area contributed by atoms with Crippen molar-refractivity contribution < 1.29 is 9.59 Å². The number of unbranched alkanes of at least 4 members (excludes halogenated alkanes) is 1. The Kier molecular flexibility index (Phi) is 6.55. The van der Waals surface area contributed by atoms with E-state index in [9.17, 15) is 9.59 Å². The van der Waals surface area contributed by atoms with Gasteiger partial charge in [0.05, 0.1) is 17.5 Å². The second-order valence-corrected chi connectivity index (χ2v) is 8.40. The van der Waals surface area contributed by atoms with Crippen LogP contribution in [0, 0.1) is 12.8 Å². The molecule has 3 rings (SSSR count). The van der Waals surface area contributed by atoms with Crippen LogP contribution in [0.4, 0.5) is 0 Å². The van der Waals surface area contributed by atoms with Gasteiger partial charge in [0.15, 0.2) is 5.65 Å². The first-order chi connectivity index (χ1) is 13.8. The quantitative estimate of drug-likeness (QED) is 0.746. The minimum Gasteiger partial charge on any atom is -0.346 e. The minimum atomic E-state index is -0.000525. The average molecular weight is 400 g/mol. The highest BCUT2D eigenvalue weighted by molar-refractivity contribution is 5.98. The van der Waals surface area contributed by atoms with Crippen molar-refractivity contribution in [2.45, 2.75) is 59.4 Å². The van der Waals surface area contributed by atoms with Crippen LogP contribution in [0.2, 0.25) is 0 Å². The second-order valence-electron chi connectivity index (χ2n) is 8.40. The molecule has 2 amide bonds. The Labute approximate surface area is 173 Å². The molecule has 0 bridgehead atoms. The zero-order valence-electron chi connectivity index (χ0n) is 18.3. The van der Waals surface area contributed by atoms with Gasteiger partial charge in [-0.15, -0.1) is 0 Å². The summed E-state index contributed by atoms with van der Waals surface area (Å²) in [7, 11) is 1.89. The zero-order chi connectivity index (χ0) is 21.1. The highest BCUT2D eigenvalue weighted by atomic mass is 16.2. The molecule has 2 aromatic rings. The third-order valence-corrected chi connectivity index (χ3v) is 5.83. The van der Waals surface area contributed by atoms with Crippen LogP contribution in [0.25, 0.3) is 11.0 Å². The maximum atomic E-state index is 13.1. The Bertz CT molecular complexity index is 881. The van der Waals surface area contributed by atoms with Crippen LogP contribution in [0.3, 0.4) is 0 Å². The predicted octanol–water partition coefficient (Wildman–Crippen LogP) is 3.43. The molecule has 7 heteroatoms. The van der Waals surface area contributed by atoms with Crippen LogP contribution in [0.5, 0.6) is 0 Å². The van der Waals surface area contributed by atoms with E-state index in [4.69, 9.17) is 0 Å². The van der Waals surface area contributed by atoms with Crippen LogP contribution < -0.4 is 0 Å². The number of aromatic nitrogens is 3. The molecule has 0 saturated carbocycles. The molecule has 0 radical (unpaired) electrons. The molecule has 0 N–H and O–H groups in total. The topological polar surface area (TPSA) is 71.3 Å². The van der Waals surface area contributed by atoms with Crippen LogP contribution >= 0.6 is 0 Å². The lowest BCUT2D eigenvalue weighted by Gasteiger charge is -2.33. The summed E-state index contributed by atoms with van der Waals surface area (Å²) in [5.74, 6) is 0.234. The number of pyridine rings is 1. The van der Waals surface area contributed by atoms with Crippen LogP contribution in [0.15, 0.2) is 12.3 Å². The van der Waals surface area contributed by atoms with E-state index in [1.54, 1.807) is 6.20 Å². The number of fused-ring (bicyclic) bond motifs is 1. The highest BCUT2D eigenvalue weighted by Gasteiger charge is 2.30. The summed E-state index contributed by atoms with van der Waals surface area (Å²) in [6.45, 7) is 10.2. The Morgan fingerprint density at radius 3 is 2.59 bits per heavy atom. The first-order valence-corrected chi connectivity index (χ1v) is 10.7. The van der Waals surface area contributed by atoms with Gasteiger partial charge < -0.3 is 9.80 Å². The molecular weight excluding hydrogens is 366 g/mol. The first-order valence-electron chi connectivity index (χ1n) is 10.7. The fraction of sp³-hybridized carbons (Fsp3) is 0.636. The molecule has 1 aliphatic heterocycles. The van der Waals surface area contributed by atoms with Crippen molar-refractivity contribution in [1.29, 1.82) is 0 Å². The third kappa shape index (κ3) is 4.43. The molecule has 1 aliphatic rings. The van der Waals surface area contributed by atoms with Crippen molar-refractivity contribution >= 4 is 22.8 Å². The van der Waals surface area contributed by atoms with Gasteiger partial charge in [0.1, 0.15) is 0 Å². The number of hydrogen-bond acceptors (Lipinski definition) is 4. The summed E-state index contributed by atoms with van der Waals surface area (Å²) in [4.78, 5) is 34.1. The fourth-order valence-corrected chi connectivity index (χ4v) is 3.98. The number of hydrogen-bond donors (Lipinski definition) is 0. The highest BCUT2D eigenvalue weighted by Crippen LogP contribution is 2.24. The number of carbonyl (C=O) groups excluding carboxylic acids is 2. The number of likely N-dealkylation sites (tertiary alicyclic amines) is 1. The summed E-state index contributed by atoms with van der Waals surface area (Å²) in [5.41, 5.74) is 2.17. The summed E-state index contributed by atoms with van der Waals surface area (Å²) in [5, 5.41) is 5.29. The minimum absolute atomic E-state index is 0.000525. The largest absolute Gasteiger partial charge is 0.346 e. The van der Waals surface area contributed by atoms with Gasteiger partial charge in [0, 0.05) is 44.0 Å². The van der Waals surface area contributed by atoms with Gasteiger partial charge >= 0.3 is 0 Å². The SMILES string of the molecule is CCCCN(C)C(=O)C1CCN(C(=O)c2cc3cnn(C(C)C)c3nc2C)CC1. The molecule has 7 nitrogen and oxygen atoms in total. The molecule has 0 aromatic carbocycles. The Hall–Kier alpha value is -2.44. The molecule has 158 valence electrons. The molecule has 0 atom stereocenters. The molecule has 2 aromatic heterocycles. The van der Waals surface area contributed by atoms with Crippen LogP contribution in [-0.2, 0) is 4.79 Å². The molecule has 1 fully saturated rings. The van der Waals surface area contributed by atoms with E-state index in [1.165, 1.54) is 0 Å². The van der Waals surface area contributed by atoms with E-state index in [0.29, 0.717) is 18.7 Å². The van der Waals surface area contributed by atoms with Crippen molar-refractivity contribution in [3.8, 4) is 0 Å². The van der Waals surface area contributed by atoms with Gasteiger partial charge in [-0.05, 0) is 46.1 Å². The van der Waals surface area contributed by atoms with E-state index in [2.05, 4.69) is 30.9 Å². The van der Waals surface area contributed by atoms with Gasteiger partial charge in [-0.1, -0.05) is 13.3 Å². The summed E-state index contributed by atoms with van der Waals surface area (Å²) in [6.07, 6.45) is 5.33. The summed E-state index contributed by atoms with van der Waals surface area (Å²) >= 11 is 0. The monoisotopic (exact) mass is 399 g/mol. The second kappa shape index (κ2) is 8.93. The first kappa shape index (κ1) is 21.3. The Morgan fingerprint density at radius 1 is 1.28 bits per heavy atom. The zero-order valence-corrected chi connectivity index (χ0v) is 18.3. The smallest absolute Gasteiger partial charge is 0.255 e. The van der Waals surface area contributed by atoms with Gasteiger partial charge in [-0.25, -0.2) is 9.67 Å². The normalized spacial score (nSPS) is 15.3. The van der Waals surface area contributed by atoms with Crippen LogP contribution in [-0.4, -0.2) is 63.1 Å². The van der Waals surface area contributed by atoms with Crippen molar-refractivity contribution in [2.75, 3.05) is 26.7 Å². The van der Waals surface area contributed by atoms with E-state index < -0.39 is 0 Å². The van der Waals surface area contributed by atoms with Crippen molar-refractivity contribution in [3.63, 3.8) is 0 Å². The molecule has 1 saturated heterocycles. The van der Waals surface area contributed by atoms with E-state index in [-0.39, 0.29) is 23.8 Å². The maximum Gasteiger partial charge on any atom is 0.255 e. The molecular formula is C22H33N5O2. The van der Waals surface area contributed by atoms with Crippen molar-refractivity contribution in [2.24, 2.45) is 5.92 Å². The lowest BCUT2D eigenvalue weighted by Crippen LogP contribution is -2.43. The summed E-state index contributed by atoms with van der Waals surface area (Å²) < 4.78 is 1.88. The number of piperidine rings is 1. The van der Waals surface area contributed by atoms with E-state index in [1.807, 2.05) is 34.5 Å². The fourth-order valence-electron chi connectivity index (χ4n) is 3.98. The summed E-state index contributed by atoms with van der Waals surface area (Å²) in [6, 6.07) is 2.12. The van der Waals surface area contributed by atoms with Crippen LogP contribution in [0.1, 0.15) is 68.5 Å². The van der Waals surface area contributed by atoms with Crippen molar-refractivity contribution in [1.82, 2.24) is 24.6 Å². The van der Waals surface area contributed by atoms with Crippen molar-refractivity contribution in [3.05, 3.63) is 23.5 Å². The third-order valence-electron chi connectivity index (χ3n) is 5.83. The molecule has 0 aliphatic carbocycles. The number of rotatable bonds is 6. The lowest BCUT2D eigenvalue weighted by molar-refractivity contribution is -0.135. The number of nitrogens with zero attached hydrogens (tertiary/aromatic N) is 5. The van der Waals surface area contributed by atoms with Gasteiger partial charge in [0.2, 0.25) is 5.91 Å². The van der Waals surface area contributed by atoms with E-state index >= 15 is 0 Å². The Balaban J connectivity index is 1.68.